The summed E-state index contributed by atoms with van der Waals surface area (Å²) in [7, 11) is -4.74. The first kappa shape index (κ1) is 56.4. The molecule has 0 heterocycles. The van der Waals surface area contributed by atoms with Gasteiger partial charge in [0, 0.05) is 12.8 Å². The van der Waals surface area contributed by atoms with Crippen molar-refractivity contribution in [2.24, 2.45) is 11.5 Å². The topological polar surface area (TPSA) is 207 Å². The highest BCUT2D eigenvalue weighted by molar-refractivity contribution is 7.47. The molecule has 344 valence electrons. The summed E-state index contributed by atoms with van der Waals surface area (Å²) in [6, 6.07) is -0.875. The SMILES string of the molecule is CCCCCCCCCCCCCCCC(=O)OC[C@H](COP(=O)(O)OCC(O)COC(=O)[C@@H](N)CCCCN)OC(=O)CCCCCCCCCCCCCCC. The molecule has 0 aliphatic heterocycles. The zero-order chi connectivity index (χ0) is 43.0. The number of carbonyl (C=O) groups is 3. The summed E-state index contributed by atoms with van der Waals surface area (Å²) in [5, 5.41) is 10.1. The molecule has 4 atom stereocenters. The van der Waals surface area contributed by atoms with Gasteiger partial charge >= 0.3 is 25.7 Å². The molecule has 0 spiro atoms. The molecule has 6 N–H and O–H groups in total. The Bertz CT molecular complexity index is 1020. The van der Waals surface area contributed by atoms with Crippen molar-refractivity contribution in [3.05, 3.63) is 0 Å². The standard InChI is InChI=1S/C44H87N2O11P/c1-3-5-7-9-11-13-15-17-19-21-23-25-27-32-42(48)53-37-40(57-43(49)33-28-26-24-22-20-18-16-14-12-10-8-6-4-2)38-56-58(51,52)55-36-39(47)35-54-44(50)41(46)31-29-30-34-45/h39-41,47H,3-38,45-46H2,1-2H3,(H,51,52)/t39?,40-,41+/m1/s1. The Balaban J connectivity index is 4.65. The van der Waals surface area contributed by atoms with Crippen LogP contribution in [0.1, 0.15) is 213 Å². The second-order valence-electron chi connectivity index (χ2n) is 16.0. The van der Waals surface area contributed by atoms with Gasteiger partial charge in [-0.15, -0.1) is 0 Å². The Labute approximate surface area is 352 Å². The van der Waals surface area contributed by atoms with E-state index in [9.17, 15) is 28.9 Å². The summed E-state index contributed by atoms with van der Waals surface area (Å²) >= 11 is 0. The minimum absolute atomic E-state index is 0.163. The van der Waals surface area contributed by atoms with Crippen molar-refractivity contribution in [3.8, 4) is 0 Å². The second kappa shape index (κ2) is 40.8. The van der Waals surface area contributed by atoms with Crippen LogP contribution in [0, 0.1) is 0 Å². The highest BCUT2D eigenvalue weighted by atomic mass is 31.2. The normalized spacial score (nSPS) is 14.1. The maximum Gasteiger partial charge on any atom is 0.472 e. The second-order valence-corrected chi connectivity index (χ2v) is 17.5. The molecule has 2 unspecified atom stereocenters. The van der Waals surface area contributed by atoms with Crippen LogP contribution in [0.25, 0.3) is 0 Å². The highest BCUT2D eigenvalue weighted by Gasteiger charge is 2.28. The van der Waals surface area contributed by atoms with Gasteiger partial charge in [0.1, 0.15) is 25.4 Å². The number of unbranched alkanes of at least 4 members (excludes halogenated alkanes) is 25. The maximum absolute atomic E-state index is 12.7. The van der Waals surface area contributed by atoms with Crippen LogP contribution >= 0.6 is 7.82 Å². The van der Waals surface area contributed by atoms with Gasteiger partial charge in [0.15, 0.2) is 6.10 Å². The zero-order valence-electron chi connectivity index (χ0n) is 36.9. The van der Waals surface area contributed by atoms with Crippen molar-refractivity contribution in [1.29, 1.82) is 0 Å². The summed E-state index contributed by atoms with van der Waals surface area (Å²) in [5.74, 6) is -1.68. The van der Waals surface area contributed by atoms with Gasteiger partial charge in [0.25, 0.3) is 0 Å². The van der Waals surface area contributed by atoms with Crippen LogP contribution in [-0.4, -0.2) is 79.1 Å². The molecule has 0 rings (SSSR count). The first-order chi connectivity index (χ1) is 28.0. The van der Waals surface area contributed by atoms with Crippen LogP contribution in [0.2, 0.25) is 0 Å². The van der Waals surface area contributed by atoms with Gasteiger partial charge < -0.3 is 35.7 Å². The lowest BCUT2D eigenvalue weighted by molar-refractivity contribution is -0.161. The number of carbonyl (C=O) groups excluding carboxylic acids is 3. The molecule has 0 bridgehead atoms. The Morgan fingerprint density at radius 1 is 0.534 bits per heavy atom. The maximum atomic E-state index is 12.7. The number of rotatable bonds is 44. The number of aliphatic hydroxyl groups excluding tert-OH is 1. The Morgan fingerprint density at radius 3 is 1.40 bits per heavy atom. The molecule has 0 aromatic heterocycles. The Kier molecular flexibility index (Phi) is 39.7. The van der Waals surface area contributed by atoms with E-state index in [1.807, 2.05) is 0 Å². The first-order valence-electron chi connectivity index (χ1n) is 23.3. The number of hydrogen-bond acceptors (Lipinski definition) is 12. The number of phosphoric ester groups is 1. The lowest BCUT2D eigenvalue weighted by Crippen LogP contribution is -2.35. The van der Waals surface area contributed by atoms with E-state index in [0.717, 1.165) is 38.5 Å². The van der Waals surface area contributed by atoms with Crippen LogP contribution in [0.4, 0.5) is 0 Å². The fraction of sp³-hybridized carbons (Fsp3) is 0.932. The van der Waals surface area contributed by atoms with E-state index < -0.39 is 63.8 Å². The van der Waals surface area contributed by atoms with Crippen molar-refractivity contribution in [2.45, 2.75) is 231 Å². The largest absolute Gasteiger partial charge is 0.472 e. The molecular weight excluding hydrogens is 763 g/mol. The van der Waals surface area contributed by atoms with Gasteiger partial charge in [-0.3, -0.25) is 23.4 Å². The number of ether oxygens (including phenoxy) is 3. The van der Waals surface area contributed by atoms with Crippen LogP contribution in [0.3, 0.4) is 0 Å². The number of aliphatic hydroxyl groups is 1. The third kappa shape index (κ3) is 38.6. The van der Waals surface area contributed by atoms with Crippen LogP contribution in [0.5, 0.6) is 0 Å². The fourth-order valence-electron chi connectivity index (χ4n) is 6.55. The number of phosphoric acid groups is 1. The molecule has 0 aliphatic carbocycles. The van der Waals surface area contributed by atoms with E-state index in [4.69, 9.17) is 34.7 Å². The molecule has 0 saturated carbocycles. The average molecular weight is 851 g/mol. The molecule has 0 aromatic rings. The number of nitrogens with two attached hydrogens (primary N) is 2. The van der Waals surface area contributed by atoms with Gasteiger partial charge in [-0.1, -0.05) is 174 Å². The molecule has 0 fully saturated rings. The van der Waals surface area contributed by atoms with Crippen LogP contribution < -0.4 is 11.5 Å². The van der Waals surface area contributed by atoms with Crippen LogP contribution in [0.15, 0.2) is 0 Å². The number of esters is 3. The van der Waals surface area contributed by atoms with Crippen molar-refractivity contribution in [2.75, 3.05) is 33.0 Å². The molecule has 0 aromatic carbocycles. The number of hydrogen-bond donors (Lipinski definition) is 4. The minimum Gasteiger partial charge on any atom is -0.462 e. The molecule has 0 radical (unpaired) electrons. The predicted molar refractivity (Wildman–Crippen MR) is 231 cm³/mol. The Hall–Kier alpha value is -1.60. The lowest BCUT2D eigenvalue weighted by atomic mass is 10.0. The van der Waals surface area contributed by atoms with Crippen molar-refractivity contribution in [1.82, 2.24) is 0 Å². The van der Waals surface area contributed by atoms with Crippen molar-refractivity contribution < 1.29 is 52.2 Å². The molecule has 0 saturated heterocycles. The predicted octanol–water partition coefficient (Wildman–Crippen LogP) is 9.90. The van der Waals surface area contributed by atoms with E-state index in [1.54, 1.807) is 0 Å². The average Bonchev–Trinajstić information content (AvgIpc) is 3.20. The summed E-state index contributed by atoms with van der Waals surface area (Å²) in [4.78, 5) is 47.5. The highest BCUT2D eigenvalue weighted by Crippen LogP contribution is 2.43. The van der Waals surface area contributed by atoms with E-state index >= 15 is 0 Å². The zero-order valence-corrected chi connectivity index (χ0v) is 37.8. The molecule has 0 amide bonds. The van der Waals surface area contributed by atoms with Crippen LogP contribution in [-0.2, 0) is 42.2 Å². The summed E-state index contributed by atoms with van der Waals surface area (Å²) in [5.41, 5.74) is 11.2. The van der Waals surface area contributed by atoms with E-state index in [1.165, 1.54) is 116 Å². The third-order valence-corrected chi connectivity index (χ3v) is 11.2. The fourth-order valence-corrected chi connectivity index (χ4v) is 7.34. The molecule has 14 heteroatoms. The van der Waals surface area contributed by atoms with Gasteiger partial charge in [-0.2, -0.15) is 0 Å². The minimum atomic E-state index is -4.74. The monoisotopic (exact) mass is 851 g/mol. The van der Waals surface area contributed by atoms with E-state index in [0.29, 0.717) is 38.6 Å². The Morgan fingerprint density at radius 2 is 0.948 bits per heavy atom. The lowest BCUT2D eigenvalue weighted by Gasteiger charge is -2.20. The van der Waals surface area contributed by atoms with Crippen molar-refractivity contribution >= 4 is 25.7 Å². The molecule has 13 nitrogen and oxygen atoms in total. The molecule has 58 heavy (non-hydrogen) atoms. The quantitative estimate of drug-likeness (QED) is 0.0195. The van der Waals surface area contributed by atoms with E-state index in [-0.39, 0.29) is 19.4 Å². The summed E-state index contributed by atoms with van der Waals surface area (Å²) in [6.45, 7) is 2.85. The summed E-state index contributed by atoms with van der Waals surface area (Å²) in [6.07, 6.45) is 30.4. The van der Waals surface area contributed by atoms with Gasteiger partial charge in [0.2, 0.25) is 0 Å². The van der Waals surface area contributed by atoms with Gasteiger partial charge in [0.05, 0.1) is 13.2 Å². The molecule has 0 aliphatic rings. The first-order valence-corrected chi connectivity index (χ1v) is 24.8. The smallest absolute Gasteiger partial charge is 0.462 e. The van der Waals surface area contributed by atoms with Gasteiger partial charge in [-0.25, -0.2) is 4.57 Å². The van der Waals surface area contributed by atoms with E-state index in [2.05, 4.69) is 13.8 Å². The van der Waals surface area contributed by atoms with Crippen molar-refractivity contribution in [3.63, 3.8) is 0 Å². The summed E-state index contributed by atoms with van der Waals surface area (Å²) < 4.78 is 38.5. The van der Waals surface area contributed by atoms with Gasteiger partial charge in [-0.05, 0) is 32.2 Å². The molecular formula is C44H87N2O11P. The third-order valence-electron chi connectivity index (χ3n) is 10.2.